The molecule has 0 saturated heterocycles. The number of rotatable bonds is 8. The summed E-state index contributed by atoms with van der Waals surface area (Å²) in [5.41, 5.74) is 1.77. The summed E-state index contributed by atoms with van der Waals surface area (Å²) in [5.74, 6) is 0.703. The van der Waals surface area contributed by atoms with Crippen LogP contribution in [0.1, 0.15) is 27.5 Å². The van der Waals surface area contributed by atoms with Crippen LogP contribution in [0.3, 0.4) is 0 Å². The highest BCUT2D eigenvalue weighted by molar-refractivity contribution is 9.10. The summed E-state index contributed by atoms with van der Waals surface area (Å²) in [7, 11) is 1.75. The molecular formula is C18H24BrN5OS. The molecule has 1 aromatic heterocycles. The van der Waals surface area contributed by atoms with Gasteiger partial charge in [0.15, 0.2) is 5.96 Å². The molecule has 0 aliphatic carbocycles. The Morgan fingerprint density at radius 1 is 1.15 bits per heavy atom. The molecule has 8 heteroatoms. The Bertz CT molecular complexity index is 729. The summed E-state index contributed by atoms with van der Waals surface area (Å²) in [6, 6.07) is 7.32. The molecule has 1 amide bonds. The quantitative estimate of drug-likeness (QED) is 0.337. The van der Waals surface area contributed by atoms with E-state index in [9.17, 15) is 4.79 Å². The maximum absolute atomic E-state index is 12.0. The predicted octanol–water partition coefficient (Wildman–Crippen LogP) is 2.74. The van der Waals surface area contributed by atoms with Crippen molar-refractivity contribution in [2.75, 3.05) is 26.7 Å². The van der Waals surface area contributed by atoms with Crippen molar-refractivity contribution in [3.05, 3.63) is 50.4 Å². The van der Waals surface area contributed by atoms with E-state index in [0.717, 1.165) is 47.1 Å². The van der Waals surface area contributed by atoms with Crippen molar-refractivity contribution in [2.45, 2.75) is 19.8 Å². The molecule has 26 heavy (non-hydrogen) atoms. The number of halogens is 1. The Balaban J connectivity index is 1.58. The zero-order valence-corrected chi connectivity index (χ0v) is 17.4. The number of carbonyl (C=O) groups excluding carboxylic acids is 1. The molecule has 1 heterocycles. The molecule has 0 unspecified atom stereocenters. The van der Waals surface area contributed by atoms with Gasteiger partial charge in [-0.1, -0.05) is 15.9 Å². The predicted molar refractivity (Wildman–Crippen MR) is 111 cm³/mol. The number of hydrogen-bond donors (Lipinski definition) is 3. The van der Waals surface area contributed by atoms with Crippen LogP contribution in [0.25, 0.3) is 0 Å². The minimum absolute atomic E-state index is 0.0569. The first-order chi connectivity index (χ1) is 12.6. The number of thiazole rings is 1. The summed E-state index contributed by atoms with van der Waals surface area (Å²) in [4.78, 5) is 20.6. The van der Waals surface area contributed by atoms with Crippen molar-refractivity contribution in [3.63, 3.8) is 0 Å². The lowest BCUT2D eigenvalue weighted by molar-refractivity contribution is 0.0953. The molecule has 0 fully saturated rings. The highest BCUT2D eigenvalue weighted by Gasteiger charge is 2.04. The number of aryl methyl sites for hydroxylation is 1. The fourth-order valence-electron chi connectivity index (χ4n) is 2.25. The van der Waals surface area contributed by atoms with E-state index in [1.165, 1.54) is 0 Å². The second-order valence-electron chi connectivity index (χ2n) is 5.65. The van der Waals surface area contributed by atoms with Crippen LogP contribution in [0.15, 0.2) is 39.1 Å². The second kappa shape index (κ2) is 10.9. The Morgan fingerprint density at radius 2 is 1.85 bits per heavy atom. The zero-order chi connectivity index (χ0) is 18.8. The van der Waals surface area contributed by atoms with Crippen LogP contribution in [-0.2, 0) is 6.42 Å². The van der Waals surface area contributed by atoms with Crippen LogP contribution < -0.4 is 16.0 Å². The first-order valence-electron chi connectivity index (χ1n) is 8.48. The van der Waals surface area contributed by atoms with Gasteiger partial charge in [0, 0.05) is 48.5 Å². The highest BCUT2D eigenvalue weighted by Crippen LogP contribution is 2.10. The van der Waals surface area contributed by atoms with Crippen LogP contribution >= 0.6 is 27.3 Å². The average Bonchev–Trinajstić information content (AvgIpc) is 3.05. The lowest BCUT2D eigenvalue weighted by Gasteiger charge is -2.11. The fraction of sp³-hybridized carbons (Fsp3) is 0.389. The smallest absolute Gasteiger partial charge is 0.251 e. The monoisotopic (exact) mass is 437 g/mol. The van der Waals surface area contributed by atoms with Crippen LogP contribution in [0, 0.1) is 6.92 Å². The van der Waals surface area contributed by atoms with Crippen LogP contribution in [0.2, 0.25) is 0 Å². The van der Waals surface area contributed by atoms with Gasteiger partial charge in [-0.25, -0.2) is 4.98 Å². The fourth-order valence-corrected chi connectivity index (χ4v) is 3.16. The molecule has 0 spiro atoms. The number of aromatic nitrogens is 1. The molecule has 2 rings (SSSR count). The number of guanidine groups is 1. The SMILES string of the molecule is CN=C(NCCCNC(=O)c1ccc(Br)cc1)NCCc1csc(C)n1. The van der Waals surface area contributed by atoms with Crippen molar-refractivity contribution in [2.24, 2.45) is 4.99 Å². The van der Waals surface area contributed by atoms with Crippen molar-refractivity contribution in [1.82, 2.24) is 20.9 Å². The highest BCUT2D eigenvalue weighted by atomic mass is 79.9. The lowest BCUT2D eigenvalue weighted by Crippen LogP contribution is -2.39. The minimum atomic E-state index is -0.0569. The zero-order valence-electron chi connectivity index (χ0n) is 15.0. The molecule has 0 saturated carbocycles. The molecule has 6 nitrogen and oxygen atoms in total. The van der Waals surface area contributed by atoms with E-state index in [1.807, 2.05) is 19.1 Å². The van der Waals surface area contributed by atoms with Crippen LogP contribution in [0.4, 0.5) is 0 Å². The molecular weight excluding hydrogens is 414 g/mol. The van der Waals surface area contributed by atoms with E-state index >= 15 is 0 Å². The maximum Gasteiger partial charge on any atom is 0.251 e. The molecule has 3 N–H and O–H groups in total. The summed E-state index contributed by atoms with van der Waals surface area (Å²) in [6.07, 6.45) is 1.68. The van der Waals surface area contributed by atoms with E-state index in [2.05, 4.69) is 47.2 Å². The number of nitrogens with zero attached hydrogens (tertiary/aromatic N) is 2. The number of benzene rings is 1. The standard InChI is InChI=1S/C18H24BrN5OS/c1-13-24-16(12-26-13)8-11-23-18(20-2)22-10-3-9-21-17(25)14-4-6-15(19)7-5-14/h4-7,12H,3,8-11H2,1-2H3,(H,21,25)(H2,20,22,23). The van der Waals surface area contributed by atoms with Crippen molar-refractivity contribution in [1.29, 1.82) is 0 Å². The number of hydrogen-bond acceptors (Lipinski definition) is 4. The topological polar surface area (TPSA) is 78.4 Å². The second-order valence-corrected chi connectivity index (χ2v) is 7.63. The van der Waals surface area contributed by atoms with E-state index in [1.54, 1.807) is 30.5 Å². The first-order valence-corrected chi connectivity index (χ1v) is 10.1. The lowest BCUT2D eigenvalue weighted by atomic mass is 10.2. The third-order valence-electron chi connectivity index (χ3n) is 3.60. The summed E-state index contributed by atoms with van der Waals surface area (Å²) < 4.78 is 0.960. The summed E-state index contributed by atoms with van der Waals surface area (Å²) in [5, 5.41) is 12.6. The van der Waals surface area contributed by atoms with Gasteiger partial charge in [0.2, 0.25) is 0 Å². The number of carbonyl (C=O) groups is 1. The minimum Gasteiger partial charge on any atom is -0.356 e. The van der Waals surface area contributed by atoms with Gasteiger partial charge >= 0.3 is 0 Å². The van der Waals surface area contributed by atoms with Gasteiger partial charge in [-0.15, -0.1) is 11.3 Å². The number of nitrogens with one attached hydrogen (secondary N) is 3. The average molecular weight is 438 g/mol. The Labute approximate surface area is 166 Å². The third kappa shape index (κ3) is 7.13. The summed E-state index contributed by atoms with van der Waals surface area (Å²) in [6.45, 7) is 4.13. The third-order valence-corrected chi connectivity index (χ3v) is 4.95. The molecule has 2 aromatic rings. The van der Waals surface area contributed by atoms with E-state index in [4.69, 9.17) is 0 Å². The van der Waals surface area contributed by atoms with Gasteiger partial charge in [-0.05, 0) is 37.6 Å². The van der Waals surface area contributed by atoms with Crippen LogP contribution in [0.5, 0.6) is 0 Å². The van der Waals surface area contributed by atoms with E-state index in [-0.39, 0.29) is 5.91 Å². The van der Waals surface area contributed by atoms with Crippen molar-refractivity contribution < 1.29 is 4.79 Å². The van der Waals surface area contributed by atoms with E-state index in [0.29, 0.717) is 12.1 Å². The van der Waals surface area contributed by atoms with Crippen molar-refractivity contribution in [3.8, 4) is 0 Å². The molecule has 0 atom stereocenters. The van der Waals surface area contributed by atoms with Gasteiger partial charge < -0.3 is 16.0 Å². The Kier molecular flexibility index (Phi) is 8.57. The van der Waals surface area contributed by atoms with Gasteiger partial charge in [0.25, 0.3) is 5.91 Å². The van der Waals surface area contributed by atoms with Crippen LogP contribution in [-0.4, -0.2) is 43.5 Å². The van der Waals surface area contributed by atoms with Gasteiger partial charge in [0.05, 0.1) is 10.7 Å². The molecule has 1 aromatic carbocycles. The molecule has 140 valence electrons. The molecule has 0 aliphatic heterocycles. The van der Waals surface area contributed by atoms with E-state index < -0.39 is 0 Å². The molecule has 0 aliphatic rings. The molecule has 0 radical (unpaired) electrons. The normalized spacial score (nSPS) is 11.3. The number of aliphatic imine (C=N–C) groups is 1. The molecule has 0 bridgehead atoms. The van der Waals surface area contributed by atoms with Gasteiger partial charge in [-0.3, -0.25) is 9.79 Å². The maximum atomic E-state index is 12.0. The number of amides is 1. The Hall–Kier alpha value is -1.93. The Morgan fingerprint density at radius 3 is 2.50 bits per heavy atom. The van der Waals surface area contributed by atoms with Crippen molar-refractivity contribution >= 4 is 39.1 Å². The summed E-state index contributed by atoms with van der Waals surface area (Å²) >= 11 is 5.03. The first kappa shape index (κ1) is 20.4. The van der Waals surface area contributed by atoms with Gasteiger partial charge in [-0.2, -0.15) is 0 Å². The van der Waals surface area contributed by atoms with Gasteiger partial charge in [0.1, 0.15) is 0 Å². The largest absolute Gasteiger partial charge is 0.356 e.